The number of hydrogen-bond donors (Lipinski definition) is 2. The van der Waals surface area contributed by atoms with E-state index in [0.29, 0.717) is 17.1 Å². The lowest BCUT2D eigenvalue weighted by atomic mass is 10.1. The molecular weight excluding hydrogens is 354 g/mol. The summed E-state index contributed by atoms with van der Waals surface area (Å²) < 4.78 is 5.93. The van der Waals surface area contributed by atoms with Crippen LogP contribution in [0.4, 0.5) is 5.69 Å². The first-order chi connectivity index (χ1) is 13.5. The Morgan fingerprint density at radius 3 is 2.64 bits per heavy atom. The number of aryl methyl sites for hydroxylation is 1. The summed E-state index contributed by atoms with van der Waals surface area (Å²) in [5.41, 5.74) is 2.79. The number of para-hydroxylation sites is 1. The number of benzene rings is 2. The van der Waals surface area contributed by atoms with E-state index in [-0.39, 0.29) is 18.4 Å². The smallest absolute Gasteiger partial charge is 0.251 e. The van der Waals surface area contributed by atoms with Crippen molar-refractivity contribution in [3.63, 3.8) is 0 Å². The fraction of sp³-hybridized carbons (Fsp3) is 0.136. The average Bonchev–Trinajstić information content (AvgIpc) is 2.68. The fourth-order valence-corrected chi connectivity index (χ4v) is 2.64. The van der Waals surface area contributed by atoms with Crippen LogP contribution in [0.2, 0.25) is 0 Å². The van der Waals surface area contributed by atoms with Crippen LogP contribution in [0.5, 0.6) is 11.6 Å². The molecule has 142 valence electrons. The van der Waals surface area contributed by atoms with Crippen molar-refractivity contribution in [2.75, 3.05) is 5.32 Å². The van der Waals surface area contributed by atoms with Gasteiger partial charge >= 0.3 is 0 Å². The number of aromatic nitrogens is 1. The van der Waals surface area contributed by atoms with Crippen LogP contribution in [0.25, 0.3) is 0 Å². The molecule has 0 saturated carbocycles. The largest absolute Gasteiger partial charge is 0.438 e. The Morgan fingerprint density at radius 1 is 1.04 bits per heavy atom. The summed E-state index contributed by atoms with van der Waals surface area (Å²) in [6.07, 6.45) is 1.65. The maximum Gasteiger partial charge on any atom is 0.251 e. The number of pyridine rings is 1. The van der Waals surface area contributed by atoms with Crippen LogP contribution in [0.15, 0.2) is 66.9 Å². The molecule has 0 aliphatic rings. The lowest BCUT2D eigenvalue weighted by Gasteiger charge is -2.12. The number of hydrogen-bond acceptors (Lipinski definition) is 4. The summed E-state index contributed by atoms with van der Waals surface area (Å²) in [5, 5.41) is 5.53. The first kappa shape index (κ1) is 19.1. The molecule has 28 heavy (non-hydrogen) atoms. The highest BCUT2D eigenvalue weighted by molar-refractivity contribution is 5.96. The molecule has 0 aliphatic heterocycles. The summed E-state index contributed by atoms with van der Waals surface area (Å²) >= 11 is 0. The number of nitrogens with one attached hydrogen (secondary N) is 2. The standard InChI is InChI=1S/C22H21N3O3/c1-15-7-3-4-11-20(15)28-22-18(9-6-12-23-22)14-24-21(27)17-8-5-10-19(13-17)25-16(2)26/h3-13H,14H2,1-2H3,(H,24,27)(H,25,26). The van der Waals surface area contributed by atoms with Gasteiger partial charge in [-0.15, -0.1) is 0 Å². The van der Waals surface area contributed by atoms with Gasteiger partial charge in [0.15, 0.2) is 0 Å². The van der Waals surface area contributed by atoms with Crippen molar-refractivity contribution in [2.24, 2.45) is 0 Å². The molecule has 0 fully saturated rings. The van der Waals surface area contributed by atoms with Gasteiger partial charge in [-0.1, -0.05) is 30.3 Å². The number of amides is 2. The van der Waals surface area contributed by atoms with Crippen molar-refractivity contribution in [1.29, 1.82) is 0 Å². The van der Waals surface area contributed by atoms with Gasteiger partial charge in [-0.25, -0.2) is 4.98 Å². The van der Waals surface area contributed by atoms with E-state index in [0.717, 1.165) is 16.9 Å². The normalized spacial score (nSPS) is 10.2. The van der Waals surface area contributed by atoms with Crippen molar-refractivity contribution < 1.29 is 14.3 Å². The third kappa shape index (κ3) is 4.94. The molecule has 2 N–H and O–H groups in total. The van der Waals surface area contributed by atoms with E-state index in [9.17, 15) is 9.59 Å². The summed E-state index contributed by atoms with van der Waals surface area (Å²) in [6, 6.07) is 18.1. The van der Waals surface area contributed by atoms with E-state index in [1.165, 1.54) is 6.92 Å². The highest BCUT2D eigenvalue weighted by Gasteiger charge is 2.11. The van der Waals surface area contributed by atoms with E-state index < -0.39 is 0 Å². The highest BCUT2D eigenvalue weighted by atomic mass is 16.5. The number of nitrogens with zero attached hydrogens (tertiary/aromatic N) is 1. The molecule has 6 heteroatoms. The molecule has 6 nitrogen and oxygen atoms in total. The van der Waals surface area contributed by atoms with Gasteiger partial charge in [0.05, 0.1) is 0 Å². The Balaban J connectivity index is 1.70. The third-order valence-electron chi connectivity index (χ3n) is 4.03. The van der Waals surface area contributed by atoms with Crippen molar-refractivity contribution in [3.8, 4) is 11.6 Å². The quantitative estimate of drug-likeness (QED) is 0.681. The molecule has 0 spiro atoms. The Morgan fingerprint density at radius 2 is 1.86 bits per heavy atom. The van der Waals surface area contributed by atoms with E-state index in [1.807, 2.05) is 37.3 Å². The average molecular weight is 375 g/mol. The Bertz CT molecular complexity index is 1000. The van der Waals surface area contributed by atoms with Crippen molar-refractivity contribution in [1.82, 2.24) is 10.3 Å². The maximum absolute atomic E-state index is 12.5. The van der Waals surface area contributed by atoms with E-state index >= 15 is 0 Å². The van der Waals surface area contributed by atoms with Crippen LogP contribution in [-0.4, -0.2) is 16.8 Å². The van der Waals surface area contributed by atoms with Crippen molar-refractivity contribution in [2.45, 2.75) is 20.4 Å². The van der Waals surface area contributed by atoms with Gasteiger partial charge in [-0.2, -0.15) is 0 Å². The number of ether oxygens (including phenoxy) is 1. The number of carbonyl (C=O) groups excluding carboxylic acids is 2. The minimum atomic E-state index is -0.252. The molecule has 0 aliphatic carbocycles. The highest BCUT2D eigenvalue weighted by Crippen LogP contribution is 2.25. The number of anilines is 1. The van der Waals surface area contributed by atoms with Gasteiger partial charge in [-0.05, 0) is 42.8 Å². The van der Waals surface area contributed by atoms with Crippen LogP contribution in [0.1, 0.15) is 28.4 Å². The topological polar surface area (TPSA) is 80.3 Å². The lowest BCUT2D eigenvalue weighted by molar-refractivity contribution is -0.114. The first-order valence-corrected chi connectivity index (χ1v) is 8.86. The van der Waals surface area contributed by atoms with Gasteiger partial charge in [0, 0.05) is 36.5 Å². The van der Waals surface area contributed by atoms with Crippen molar-refractivity contribution >= 4 is 17.5 Å². The molecule has 3 rings (SSSR count). The molecule has 0 bridgehead atoms. The summed E-state index contributed by atoms with van der Waals surface area (Å²) in [4.78, 5) is 28.0. The van der Waals surface area contributed by atoms with Crippen molar-refractivity contribution in [3.05, 3.63) is 83.6 Å². The summed E-state index contributed by atoms with van der Waals surface area (Å²) in [7, 11) is 0. The van der Waals surface area contributed by atoms with Crippen LogP contribution in [0.3, 0.4) is 0 Å². The van der Waals surface area contributed by atoms with Gasteiger partial charge in [0.2, 0.25) is 11.8 Å². The monoisotopic (exact) mass is 375 g/mol. The second-order valence-electron chi connectivity index (χ2n) is 6.28. The van der Waals surface area contributed by atoms with Crippen LogP contribution in [-0.2, 0) is 11.3 Å². The summed E-state index contributed by atoms with van der Waals surface area (Å²) in [6.45, 7) is 3.64. The van der Waals surface area contributed by atoms with Gasteiger partial charge in [-0.3, -0.25) is 9.59 Å². The Hall–Kier alpha value is -3.67. The zero-order valence-corrected chi connectivity index (χ0v) is 15.7. The predicted molar refractivity (Wildman–Crippen MR) is 107 cm³/mol. The lowest BCUT2D eigenvalue weighted by Crippen LogP contribution is -2.23. The number of rotatable bonds is 6. The molecule has 1 heterocycles. The van der Waals surface area contributed by atoms with Crippen LogP contribution < -0.4 is 15.4 Å². The molecule has 2 aromatic carbocycles. The van der Waals surface area contributed by atoms with Crippen LogP contribution in [0, 0.1) is 6.92 Å². The fourth-order valence-electron chi connectivity index (χ4n) is 2.64. The Kier molecular flexibility index (Phi) is 6.01. The summed E-state index contributed by atoms with van der Waals surface area (Å²) in [5.74, 6) is 0.727. The second kappa shape index (κ2) is 8.81. The predicted octanol–water partition coefficient (Wildman–Crippen LogP) is 4.07. The molecule has 3 aromatic rings. The second-order valence-corrected chi connectivity index (χ2v) is 6.28. The number of carbonyl (C=O) groups is 2. The zero-order chi connectivity index (χ0) is 19.9. The molecule has 0 unspecified atom stereocenters. The van der Waals surface area contributed by atoms with E-state index in [2.05, 4.69) is 15.6 Å². The minimum absolute atomic E-state index is 0.189. The van der Waals surface area contributed by atoms with E-state index in [1.54, 1.807) is 36.5 Å². The van der Waals surface area contributed by atoms with E-state index in [4.69, 9.17) is 4.74 Å². The molecular formula is C22H21N3O3. The SMILES string of the molecule is CC(=O)Nc1cccc(C(=O)NCc2cccnc2Oc2ccccc2C)c1. The molecule has 0 saturated heterocycles. The van der Waals surface area contributed by atoms with Gasteiger partial charge in [0.25, 0.3) is 5.91 Å². The van der Waals surface area contributed by atoms with Crippen LogP contribution >= 0.6 is 0 Å². The zero-order valence-electron chi connectivity index (χ0n) is 15.7. The molecule has 1 aromatic heterocycles. The molecule has 2 amide bonds. The minimum Gasteiger partial charge on any atom is -0.438 e. The molecule has 0 radical (unpaired) electrons. The van der Waals surface area contributed by atoms with Gasteiger partial charge < -0.3 is 15.4 Å². The Labute approximate surface area is 163 Å². The van der Waals surface area contributed by atoms with Gasteiger partial charge in [0.1, 0.15) is 5.75 Å². The first-order valence-electron chi connectivity index (χ1n) is 8.86. The third-order valence-corrected chi connectivity index (χ3v) is 4.03. The molecule has 0 atom stereocenters. The maximum atomic E-state index is 12.5.